The molecule has 2 unspecified atom stereocenters. The zero-order valence-corrected chi connectivity index (χ0v) is 12.6. The number of hydrogen-bond donors (Lipinski definition) is 1. The molecule has 1 N–H and O–H groups in total. The third kappa shape index (κ3) is 3.08. The van der Waals surface area contributed by atoms with E-state index >= 15 is 0 Å². The summed E-state index contributed by atoms with van der Waals surface area (Å²) < 4.78 is 0. The van der Waals surface area contributed by atoms with Crippen LogP contribution in [0.4, 0.5) is 0 Å². The highest BCUT2D eigenvalue weighted by molar-refractivity contribution is 6.35. The van der Waals surface area contributed by atoms with Crippen molar-refractivity contribution in [2.45, 2.75) is 37.8 Å². The molecule has 2 nitrogen and oxygen atoms in total. The van der Waals surface area contributed by atoms with E-state index in [1.807, 2.05) is 18.2 Å². The molecule has 4 heteroatoms. The second kappa shape index (κ2) is 6.01. The van der Waals surface area contributed by atoms with E-state index < -0.39 is 0 Å². The minimum absolute atomic E-state index is 0.675. The van der Waals surface area contributed by atoms with Crippen LogP contribution in [0.15, 0.2) is 18.2 Å². The van der Waals surface area contributed by atoms with Crippen molar-refractivity contribution in [2.24, 2.45) is 0 Å². The van der Waals surface area contributed by atoms with Gasteiger partial charge in [0, 0.05) is 28.7 Å². The first kappa shape index (κ1) is 13.7. The summed E-state index contributed by atoms with van der Waals surface area (Å²) in [5.74, 6) is 0. The van der Waals surface area contributed by atoms with Crippen LogP contribution in [-0.4, -0.2) is 36.6 Å². The van der Waals surface area contributed by atoms with E-state index in [-0.39, 0.29) is 0 Å². The maximum atomic E-state index is 6.19. The zero-order valence-electron chi connectivity index (χ0n) is 11.0. The van der Waals surface area contributed by atoms with Crippen molar-refractivity contribution in [3.05, 3.63) is 33.8 Å². The van der Waals surface area contributed by atoms with E-state index in [9.17, 15) is 0 Å². The molecule has 2 fully saturated rings. The number of benzene rings is 1. The molecule has 0 saturated carbocycles. The summed E-state index contributed by atoms with van der Waals surface area (Å²) in [6, 6.07) is 7.22. The first-order chi connectivity index (χ1) is 9.24. The van der Waals surface area contributed by atoms with Gasteiger partial charge in [0.1, 0.15) is 0 Å². The van der Waals surface area contributed by atoms with Crippen molar-refractivity contribution >= 4 is 23.2 Å². The van der Waals surface area contributed by atoms with Gasteiger partial charge >= 0.3 is 0 Å². The first-order valence-electron chi connectivity index (χ1n) is 7.15. The van der Waals surface area contributed by atoms with E-state index in [1.165, 1.54) is 37.9 Å². The predicted octanol–water partition coefficient (Wildman–Crippen LogP) is 3.36. The van der Waals surface area contributed by atoms with Crippen LogP contribution in [0.2, 0.25) is 10.0 Å². The highest BCUT2D eigenvalue weighted by atomic mass is 35.5. The summed E-state index contributed by atoms with van der Waals surface area (Å²) in [5.41, 5.74) is 1.18. The topological polar surface area (TPSA) is 15.3 Å². The van der Waals surface area contributed by atoms with Crippen LogP contribution >= 0.6 is 23.2 Å². The molecule has 0 aromatic heterocycles. The molecule has 2 atom stereocenters. The van der Waals surface area contributed by atoms with E-state index in [1.54, 1.807) is 0 Å². The van der Waals surface area contributed by atoms with E-state index in [4.69, 9.17) is 23.2 Å². The Morgan fingerprint density at radius 3 is 2.95 bits per heavy atom. The summed E-state index contributed by atoms with van der Waals surface area (Å²) in [6.45, 7) is 3.56. The van der Waals surface area contributed by atoms with Gasteiger partial charge in [-0.3, -0.25) is 4.90 Å². The number of nitrogens with one attached hydrogen (secondary N) is 1. The smallest absolute Gasteiger partial charge is 0.0453 e. The van der Waals surface area contributed by atoms with Crippen molar-refractivity contribution in [3.8, 4) is 0 Å². The van der Waals surface area contributed by atoms with Gasteiger partial charge in [-0.25, -0.2) is 0 Å². The van der Waals surface area contributed by atoms with Gasteiger partial charge in [-0.2, -0.15) is 0 Å². The molecule has 0 spiro atoms. The number of halogens is 2. The van der Waals surface area contributed by atoms with Gasteiger partial charge in [0.15, 0.2) is 0 Å². The van der Waals surface area contributed by atoms with Crippen molar-refractivity contribution in [3.63, 3.8) is 0 Å². The molecule has 104 valence electrons. The molecule has 2 heterocycles. The molecule has 1 aromatic carbocycles. The highest BCUT2D eigenvalue weighted by Crippen LogP contribution is 2.28. The third-order valence-electron chi connectivity index (χ3n) is 4.42. The summed E-state index contributed by atoms with van der Waals surface area (Å²) in [7, 11) is 0. The van der Waals surface area contributed by atoms with Crippen LogP contribution in [0.25, 0.3) is 0 Å². The summed E-state index contributed by atoms with van der Waals surface area (Å²) in [4.78, 5) is 2.63. The normalized spacial score (nSPS) is 26.8. The van der Waals surface area contributed by atoms with Gasteiger partial charge in [-0.05, 0) is 56.5 Å². The minimum atomic E-state index is 0.675. The average molecular weight is 299 g/mol. The molecular formula is C15H20Cl2N2. The number of hydrogen-bond acceptors (Lipinski definition) is 2. The Morgan fingerprint density at radius 1 is 1.21 bits per heavy atom. The molecule has 2 aliphatic heterocycles. The SMILES string of the molecule is Clc1ccc(CCNC2CCN3CCCC23)c(Cl)c1. The lowest BCUT2D eigenvalue weighted by Crippen LogP contribution is -2.39. The molecule has 0 amide bonds. The predicted molar refractivity (Wildman–Crippen MR) is 81.2 cm³/mol. The van der Waals surface area contributed by atoms with Crippen molar-refractivity contribution in [1.29, 1.82) is 0 Å². The average Bonchev–Trinajstić information content (AvgIpc) is 2.96. The maximum Gasteiger partial charge on any atom is 0.0453 e. The zero-order chi connectivity index (χ0) is 13.2. The lowest BCUT2D eigenvalue weighted by atomic mass is 10.1. The Balaban J connectivity index is 1.50. The van der Waals surface area contributed by atoms with Gasteiger partial charge in [0.25, 0.3) is 0 Å². The monoisotopic (exact) mass is 298 g/mol. The largest absolute Gasteiger partial charge is 0.312 e. The fourth-order valence-corrected chi connectivity index (χ4v) is 3.94. The van der Waals surface area contributed by atoms with Gasteiger partial charge in [0.05, 0.1) is 0 Å². The molecular weight excluding hydrogens is 279 g/mol. The molecule has 3 rings (SSSR count). The lowest BCUT2D eigenvalue weighted by Gasteiger charge is -2.21. The first-order valence-corrected chi connectivity index (χ1v) is 7.91. The number of nitrogens with zero attached hydrogens (tertiary/aromatic N) is 1. The quantitative estimate of drug-likeness (QED) is 0.917. The summed E-state index contributed by atoms with van der Waals surface area (Å²) in [5, 5.41) is 5.20. The van der Waals surface area contributed by atoms with E-state index in [0.717, 1.165) is 24.0 Å². The highest BCUT2D eigenvalue weighted by Gasteiger charge is 2.36. The fraction of sp³-hybridized carbons (Fsp3) is 0.600. The second-order valence-corrected chi connectivity index (χ2v) is 6.42. The summed E-state index contributed by atoms with van der Waals surface area (Å²) >= 11 is 12.1. The molecule has 0 radical (unpaired) electrons. The van der Waals surface area contributed by atoms with Gasteiger partial charge < -0.3 is 5.32 Å². The van der Waals surface area contributed by atoms with Crippen LogP contribution in [0.3, 0.4) is 0 Å². The Labute approximate surface area is 125 Å². The van der Waals surface area contributed by atoms with Gasteiger partial charge in [-0.15, -0.1) is 0 Å². The van der Waals surface area contributed by atoms with Crippen LogP contribution in [0.1, 0.15) is 24.8 Å². The Kier molecular flexibility index (Phi) is 4.33. The molecule has 19 heavy (non-hydrogen) atoms. The van der Waals surface area contributed by atoms with Crippen LogP contribution in [-0.2, 0) is 6.42 Å². The van der Waals surface area contributed by atoms with Crippen molar-refractivity contribution < 1.29 is 0 Å². The maximum absolute atomic E-state index is 6.19. The molecule has 0 bridgehead atoms. The number of fused-ring (bicyclic) bond motifs is 1. The van der Waals surface area contributed by atoms with E-state index in [0.29, 0.717) is 11.1 Å². The standard InChI is InChI=1S/C15H20Cl2N2/c16-12-4-3-11(13(17)10-12)5-7-18-14-6-9-19-8-1-2-15(14)19/h3-4,10,14-15,18H,1-2,5-9H2. The lowest BCUT2D eigenvalue weighted by molar-refractivity contribution is 0.299. The van der Waals surface area contributed by atoms with Gasteiger partial charge in [0.2, 0.25) is 0 Å². The number of rotatable bonds is 4. The Hall–Kier alpha value is -0.280. The molecule has 2 aliphatic rings. The van der Waals surface area contributed by atoms with Gasteiger partial charge in [-0.1, -0.05) is 29.3 Å². The summed E-state index contributed by atoms with van der Waals surface area (Å²) in [6.07, 6.45) is 4.99. The van der Waals surface area contributed by atoms with Crippen molar-refractivity contribution in [2.75, 3.05) is 19.6 Å². The second-order valence-electron chi connectivity index (χ2n) is 5.58. The van der Waals surface area contributed by atoms with E-state index in [2.05, 4.69) is 10.2 Å². The van der Waals surface area contributed by atoms with Crippen LogP contribution in [0, 0.1) is 0 Å². The molecule has 0 aliphatic carbocycles. The van der Waals surface area contributed by atoms with Crippen LogP contribution in [0.5, 0.6) is 0 Å². The Morgan fingerprint density at radius 2 is 2.11 bits per heavy atom. The fourth-order valence-electron chi connectivity index (χ4n) is 3.44. The molecule has 1 aromatic rings. The van der Waals surface area contributed by atoms with Crippen molar-refractivity contribution in [1.82, 2.24) is 10.2 Å². The Bertz CT molecular complexity index is 450. The molecule has 2 saturated heterocycles. The third-order valence-corrected chi connectivity index (χ3v) is 5.01. The minimum Gasteiger partial charge on any atom is -0.312 e. The van der Waals surface area contributed by atoms with Crippen LogP contribution < -0.4 is 5.32 Å².